The predicted octanol–water partition coefficient (Wildman–Crippen LogP) is 1.15. The van der Waals surface area contributed by atoms with Crippen LogP contribution < -0.4 is 5.32 Å². The summed E-state index contributed by atoms with van der Waals surface area (Å²) in [5, 5.41) is 11.8. The van der Waals surface area contributed by atoms with E-state index in [4.69, 9.17) is 9.84 Å². The molecule has 2 rings (SSSR count). The summed E-state index contributed by atoms with van der Waals surface area (Å²) in [6.45, 7) is 2.82. The van der Waals surface area contributed by atoms with Gasteiger partial charge in [0.1, 0.15) is 5.82 Å². The lowest BCUT2D eigenvalue weighted by molar-refractivity contribution is 0.0690. The van der Waals surface area contributed by atoms with Gasteiger partial charge in [0.05, 0.1) is 24.5 Å². The Bertz CT molecular complexity index is 387. The van der Waals surface area contributed by atoms with Crippen LogP contribution in [0, 0.1) is 0 Å². The minimum Gasteiger partial charge on any atom is -0.476 e. The van der Waals surface area contributed by atoms with Gasteiger partial charge < -0.3 is 15.2 Å². The number of carboxylic acids is 1. The molecule has 1 aromatic heterocycles. The molecule has 0 saturated carbocycles. The number of ether oxygens (including phenoxy) is 1. The molecule has 2 unspecified atom stereocenters. The Morgan fingerprint density at radius 2 is 2.41 bits per heavy atom. The van der Waals surface area contributed by atoms with Crippen molar-refractivity contribution in [1.82, 2.24) is 9.97 Å². The second-order valence-corrected chi connectivity index (χ2v) is 4.08. The van der Waals surface area contributed by atoms with Gasteiger partial charge in [-0.15, -0.1) is 0 Å². The minimum atomic E-state index is -1.07. The summed E-state index contributed by atoms with van der Waals surface area (Å²) in [6.07, 6.45) is 4.98. The van der Waals surface area contributed by atoms with Crippen molar-refractivity contribution in [2.75, 3.05) is 11.9 Å². The molecule has 1 saturated heterocycles. The molecule has 2 heterocycles. The van der Waals surface area contributed by atoms with Crippen molar-refractivity contribution < 1.29 is 14.6 Å². The van der Waals surface area contributed by atoms with E-state index in [1.165, 1.54) is 12.4 Å². The van der Waals surface area contributed by atoms with E-state index in [2.05, 4.69) is 15.3 Å². The van der Waals surface area contributed by atoms with Crippen LogP contribution in [0.3, 0.4) is 0 Å². The first-order chi connectivity index (χ1) is 8.16. The molecule has 92 valence electrons. The summed E-state index contributed by atoms with van der Waals surface area (Å²) in [7, 11) is 0. The van der Waals surface area contributed by atoms with Crippen molar-refractivity contribution in [3.05, 3.63) is 18.1 Å². The molecule has 0 radical (unpaired) electrons. The van der Waals surface area contributed by atoms with E-state index in [0.29, 0.717) is 5.82 Å². The molecule has 2 atom stereocenters. The summed E-state index contributed by atoms with van der Waals surface area (Å²) in [6, 6.07) is 0.141. The fourth-order valence-corrected chi connectivity index (χ4v) is 1.84. The molecule has 1 fully saturated rings. The first kappa shape index (κ1) is 11.8. The number of anilines is 1. The minimum absolute atomic E-state index is 0.0553. The predicted molar refractivity (Wildman–Crippen MR) is 61.1 cm³/mol. The Morgan fingerprint density at radius 1 is 1.59 bits per heavy atom. The molecule has 1 aliphatic heterocycles. The summed E-state index contributed by atoms with van der Waals surface area (Å²) in [5.41, 5.74) is -0.0553. The van der Waals surface area contributed by atoms with Gasteiger partial charge in [-0.25, -0.2) is 14.8 Å². The van der Waals surface area contributed by atoms with Crippen molar-refractivity contribution in [3.8, 4) is 0 Å². The van der Waals surface area contributed by atoms with Crippen molar-refractivity contribution in [3.63, 3.8) is 0 Å². The molecule has 1 aromatic rings. The highest BCUT2D eigenvalue weighted by Gasteiger charge is 2.22. The Hall–Kier alpha value is -1.69. The van der Waals surface area contributed by atoms with E-state index in [1.54, 1.807) is 0 Å². The van der Waals surface area contributed by atoms with E-state index >= 15 is 0 Å². The van der Waals surface area contributed by atoms with Crippen LogP contribution in [-0.4, -0.2) is 39.8 Å². The lowest BCUT2D eigenvalue weighted by Crippen LogP contribution is -2.30. The van der Waals surface area contributed by atoms with Crippen molar-refractivity contribution >= 4 is 11.8 Å². The number of carbonyl (C=O) groups is 1. The molecular weight excluding hydrogens is 222 g/mol. The van der Waals surface area contributed by atoms with Gasteiger partial charge in [-0.1, -0.05) is 0 Å². The van der Waals surface area contributed by atoms with Crippen molar-refractivity contribution in [2.45, 2.75) is 31.9 Å². The highest BCUT2D eigenvalue weighted by atomic mass is 16.5. The standard InChI is InChI=1S/C11H15N3O3/c1-7(9-3-2-4-17-9)14-10-6-12-8(5-13-10)11(15)16/h5-7,9H,2-4H2,1H3,(H,13,14)(H,15,16). The van der Waals surface area contributed by atoms with E-state index < -0.39 is 5.97 Å². The maximum atomic E-state index is 10.6. The second kappa shape index (κ2) is 5.09. The van der Waals surface area contributed by atoms with Crippen molar-refractivity contribution in [1.29, 1.82) is 0 Å². The first-order valence-electron chi connectivity index (χ1n) is 5.60. The van der Waals surface area contributed by atoms with E-state index in [-0.39, 0.29) is 17.8 Å². The summed E-state index contributed by atoms with van der Waals surface area (Å²) in [5.74, 6) is -0.505. The molecule has 6 heteroatoms. The fraction of sp³-hybridized carbons (Fsp3) is 0.545. The Balaban J connectivity index is 1.96. The Morgan fingerprint density at radius 3 is 2.94 bits per heavy atom. The average Bonchev–Trinajstić information content (AvgIpc) is 2.83. The normalized spacial score (nSPS) is 21.1. The van der Waals surface area contributed by atoms with Gasteiger partial charge in [-0.2, -0.15) is 0 Å². The van der Waals surface area contributed by atoms with Crippen LogP contribution in [0.5, 0.6) is 0 Å². The molecular formula is C11H15N3O3. The number of aromatic carboxylic acids is 1. The number of aromatic nitrogens is 2. The largest absolute Gasteiger partial charge is 0.476 e. The zero-order valence-corrected chi connectivity index (χ0v) is 9.59. The van der Waals surface area contributed by atoms with E-state index in [9.17, 15) is 4.79 Å². The quantitative estimate of drug-likeness (QED) is 0.817. The highest BCUT2D eigenvalue weighted by Crippen LogP contribution is 2.17. The molecule has 0 amide bonds. The number of carboxylic acid groups (broad SMARTS) is 1. The van der Waals surface area contributed by atoms with Gasteiger partial charge in [0, 0.05) is 6.61 Å². The fourth-order valence-electron chi connectivity index (χ4n) is 1.84. The topological polar surface area (TPSA) is 84.3 Å². The molecule has 6 nitrogen and oxygen atoms in total. The summed E-state index contributed by atoms with van der Waals surface area (Å²) >= 11 is 0. The van der Waals surface area contributed by atoms with E-state index in [1.807, 2.05) is 6.92 Å². The van der Waals surface area contributed by atoms with Crippen LogP contribution >= 0.6 is 0 Å². The van der Waals surface area contributed by atoms with Crippen LogP contribution in [0.1, 0.15) is 30.3 Å². The third-order valence-corrected chi connectivity index (χ3v) is 2.77. The van der Waals surface area contributed by atoms with Gasteiger partial charge in [-0.3, -0.25) is 0 Å². The maximum Gasteiger partial charge on any atom is 0.356 e. The monoisotopic (exact) mass is 237 g/mol. The van der Waals surface area contributed by atoms with Crippen LogP contribution in [-0.2, 0) is 4.74 Å². The van der Waals surface area contributed by atoms with Crippen molar-refractivity contribution in [2.24, 2.45) is 0 Å². The highest BCUT2D eigenvalue weighted by molar-refractivity contribution is 5.84. The average molecular weight is 237 g/mol. The molecule has 0 aromatic carbocycles. The SMILES string of the molecule is CC(Nc1cnc(C(=O)O)cn1)C1CCCO1. The summed E-state index contributed by atoms with van der Waals surface area (Å²) < 4.78 is 5.54. The third kappa shape index (κ3) is 2.91. The van der Waals surface area contributed by atoms with Gasteiger partial charge in [0.15, 0.2) is 5.69 Å². The number of nitrogens with zero attached hydrogens (tertiary/aromatic N) is 2. The summed E-state index contributed by atoms with van der Waals surface area (Å²) in [4.78, 5) is 18.4. The number of hydrogen-bond donors (Lipinski definition) is 2. The molecule has 0 aliphatic carbocycles. The molecule has 1 aliphatic rings. The second-order valence-electron chi connectivity index (χ2n) is 4.08. The van der Waals surface area contributed by atoms with Gasteiger partial charge in [0.2, 0.25) is 0 Å². The first-order valence-corrected chi connectivity index (χ1v) is 5.60. The van der Waals surface area contributed by atoms with Crippen LogP contribution in [0.4, 0.5) is 5.82 Å². The van der Waals surface area contributed by atoms with Crippen LogP contribution in [0.25, 0.3) is 0 Å². The molecule has 0 spiro atoms. The third-order valence-electron chi connectivity index (χ3n) is 2.77. The lowest BCUT2D eigenvalue weighted by atomic mass is 10.1. The zero-order chi connectivity index (χ0) is 12.3. The van der Waals surface area contributed by atoms with Crippen LogP contribution in [0.2, 0.25) is 0 Å². The lowest BCUT2D eigenvalue weighted by Gasteiger charge is -2.20. The molecule has 0 bridgehead atoms. The van der Waals surface area contributed by atoms with E-state index in [0.717, 1.165) is 19.4 Å². The van der Waals surface area contributed by atoms with Gasteiger partial charge in [-0.05, 0) is 19.8 Å². The Kier molecular flexibility index (Phi) is 3.53. The zero-order valence-electron chi connectivity index (χ0n) is 9.59. The van der Waals surface area contributed by atoms with Gasteiger partial charge in [0.25, 0.3) is 0 Å². The number of nitrogens with one attached hydrogen (secondary N) is 1. The Labute approximate surface area is 99.0 Å². The number of rotatable bonds is 4. The van der Waals surface area contributed by atoms with Crippen LogP contribution in [0.15, 0.2) is 12.4 Å². The molecule has 2 N–H and O–H groups in total. The number of hydrogen-bond acceptors (Lipinski definition) is 5. The smallest absolute Gasteiger partial charge is 0.356 e. The molecule has 17 heavy (non-hydrogen) atoms. The maximum absolute atomic E-state index is 10.6. The van der Waals surface area contributed by atoms with Gasteiger partial charge >= 0.3 is 5.97 Å².